The number of hydrogen-bond donors (Lipinski definition) is 0. The second kappa shape index (κ2) is 3.01. The van der Waals surface area contributed by atoms with Gasteiger partial charge in [0, 0.05) is 0 Å². The summed E-state index contributed by atoms with van der Waals surface area (Å²) in [6.07, 6.45) is 0. The Hall–Kier alpha value is 0.430. The van der Waals surface area contributed by atoms with E-state index >= 15 is 0 Å². The summed E-state index contributed by atoms with van der Waals surface area (Å²) in [6.45, 7) is 14.1. The molecule has 0 aliphatic carbocycles. The van der Waals surface area contributed by atoms with Gasteiger partial charge in [0.05, 0.1) is 0 Å². The highest BCUT2D eigenvalue weighted by molar-refractivity contribution is 7.57. The van der Waals surface area contributed by atoms with Crippen molar-refractivity contribution in [3.8, 4) is 0 Å². The third-order valence-corrected chi connectivity index (χ3v) is 5.39. The first-order valence-corrected chi connectivity index (χ1v) is 5.80. The maximum atomic E-state index is 2.36. The molecule has 0 amide bonds. The van der Waals surface area contributed by atoms with Crippen LogP contribution in [0.2, 0.25) is 0 Å². The molecule has 0 spiro atoms. The lowest BCUT2D eigenvalue weighted by Gasteiger charge is -2.33. The van der Waals surface area contributed by atoms with Gasteiger partial charge in [0.1, 0.15) is 0 Å². The second-order valence-corrected chi connectivity index (χ2v) is 6.64. The maximum absolute atomic E-state index is 2.36. The van der Waals surface area contributed by atoms with Gasteiger partial charge >= 0.3 is 0 Å². The Balaban J connectivity index is 4.01. The lowest BCUT2D eigenvalue weighted by atomic mass is 10.00. The van der Waals surface area contributed by atoms with Gasteiger partial charge in [0.15, 0.2) is 0 Å². The zero-order valence-corrected chi connectivity index (χ0v) is 8.42. The van der Waals surface area contributed by atoms with Crippen molar-refractivity contribution in [3.05, 3.63) is 0 Å². The Bertz CT molecular complexity index is 72.6. The van der Waals surface area contributed by atoms with Crippen molar-refractivity contribution >= 4 is 7.92 Å². The molecule has 0 unspecified atom stereocenters. The predicted molar refractivity (Wildman–Crippen MR) is 47.7 cm³/mol. The smallest absolute Gasteiger partial charge is 0.0133 e. The molecule has 0 bridgehead atoms. The fourth-order valence-corrected chi connectivity index (χ4v) is 1.55. The summed E-state index contributed by atoms with van der Waals surface area (Å²) in [5, 5.41) is 0.565. The van der Waals surface area contributed by atoms with Gasteiger partial charge < -0.3 is 0 Å². The third-order valence-electron chi connectivity index (χ3n) is 2.57. The molecule has 0 nitrogen and oxygen atoms in total. The maximum Gasteiger partial charge on any atom is -0.0133 e. The quantitative estimate of drug-likeness (QED) is 0.525. The van der Waals surface area contributed by atoms with Crippen LogP contribution in [0.4, 0.5) is 0 Å². The van der Waals surface area contributed by atoms with Crippen LogP contribution in [-0.4, -0.2) is 18.5 Å². The summed E-state index contributed by atoms with van der Waals surface area (Å²) >= 11 is 0. The normalized spacial score (nSPS) is 13.3. The van der Waals surface area contributed by atoms with Crippen molar-refractivity contribution < 1.29 is 0 Å². The second-order valence-electron chi connectivity index (χ2n) is 3.70. The minimum Gasteiger partial charge on any atom is -0.107 e. The summed E-state index contributed by atoms with van der Waals surface area (Å²) in [6, 6.07) is 0. The Morgan fingerprint density at radius 1 is 1.11 bits per heavy atom. The van der Waals surface area contributed by atoms with Crippen LogP contribution in [0.25, 0.3) is 0 Å². The van der Waals surface area contributed by atoms with E-state index in [1.165, 1.54) is 0 Å². The van der Waals surface area contributed by atoms with E-state index in [9.17, 15) is 0 Å². The lowest BCUT2D eigenvalue weighted by Crippen LogP contribution is -2.23. The molecule has 1 heteroatoms. The van der Waals surface area contributed by atoms with E-state index in [-0.39, 0.29) is 7.92 Å². The molecular weight excluding hydrogens is 127 g/mol. The van der Waals surface area contributed by atoms with Crippen LogP contribution in [0.3, 0.4) is 0 Å². The van der Waals surface area contributed by atoms with Crippen LogP contribution in [0.1, 0.15) is 27.7 Å². The van der Waals surface area contributed by atoms with Crippen molar-refractivity contribution in [2.75, 3.05) is 13.3 Å². The van der Waals surface area contributed by atoms with E-state index in [1.54, 1.807) is 0 Å². The van der Waals surface area contributed by atoms with Gasteiger partial charge in [-0.3, -0.25) is 0 Å². The molecule has 0 N–H and O–H groups in total. The lowest BCUT2D eigenvalue weighted by molar-refractivity contribution is 0.495. The van der Waals surface area contributed by atoms with Gasteiger partial charge in [-0.05, 0) is 24.4 Å². The van der Waals surface area contributed by atoms with Gasteiger partial charge in [-0.2, -0.15) is 0 Å². The summed E-state index contributed by atoms with van der Waals surface area (Å²) in [4.78, 5) is 0. The Labute approximate surface area is 60.8 Å². The van der Waals surface area contributed by atoms with Crippen LogP contribution in [0.15, 0.2) is 0 Å². The van der Waals surface area contributed by atoms with Crippen molar-refractivity contribution in [3.63, 3.8) is 0 Å². The van der Waals surface area contributed by atoms with E-state index in [4.69, 9.17) is 0 Å². The van der Waals surface area contributed by atoms with Crippen LogP contribution in [0, 0.1) is 5.92 Å². The molecule has 0 heterocycles. The van der Waals surface area contributed by atoms with Crippen LogP contribution < -0.4 is 0 Å². The standard InChI is InChI=1S/C8H19P/c1-7(2)8(3,4)9(5)6/h7H,1-6H3. The molecule has 0 aliphatic rings. The van der Waals surface area contributed by atoms with Crippen LogP contribution >= 0.6 is 7.92 Å². The van der Waals surface area contributed by atoms with Crippen molar-refractivity contribution in [2.24, 2.45) is 5.92 Å². The van der Waals surface area contributed by atoms with E-state index in [2.05, 4.69) is 41.0 Å². The third kappa shape index (κ3) is 2.26. The molecule has 9 heavy (non-hydrogen) atoms. The minimum absolute atomic E-state index is 0.217. The Morgan fingerprint density at radius 2 is 1.44 bits per heavy atom. The van der Waals surface area contributed by atoms with Crippen molar-refractivity contribution in [1.82, 2.24) is 0 Å². The van der Waals surface area contributed by atoms with E-state index in [0.717, 1.165) is 5.92 Å². The highest BCUT2D eigenvalue weighted by Crippen LogP contribution is 2.46. The van der Waals surface area contributed by atoms with E-state index in [0.29, 0.717) is 5.16 Å². The molecule has 0 atom stereocenters. The van der Waals surface area contributed by atoms with Gasteiger partial charge in [-0.25, -0.2) is 0 Å². The molecule has 56 valence electrons. The first-order chi connectivity index (χ1) is 3.89. The molecule has 0 saturated carbocycles. The summed E-state index contributed by atoms with van der Waals surface area (Å²) in [5.41, 5.74) is 0. The Morgan fingerprint density at radius 3 is 1.44 bits per heavy atom. The fraction of sp³-hybridized carbons (Fsp3) is 1.00. The van der Waals surface area contributed by atoms with Crippen LogP contribution in [0.5, 0.6) is 0 Å². The first-order valence-electron chi connectivity index (χ1n) is 3.56. The Kier molecular flexibility index (Phi) is 3.16. The minimum atomic E-state index is 0.217. The van der Waals surface area contributed by atoms with Crippen LogP contribution in [-0.2, 0) is 0 Å². The first kappa shape index (κ1) is 9.43. The number of hydrogen-bond acceptors (Lipinski definition) is 0. The molecular formula is C8H19P. The fourth-order valence-electron chi connectivity index (χ4n) is 0.516. The van der Waals surface area contributed by atoms with Gasteiger partial charge in [0.2, 0.25) is 0 Å². The average molecular weight is 146 g/mol. The molecule has 0 aromatic rings. The molecule has 0 fully saturated rings. The summed E-state index contributed by atoms with van der Waals surface area (Å²) in [7, 11) is 0.217. The average Bonchev–Trinajstić information content (AvgIpc) is 1.65. The highest BCUT2D eigenvalue weighted by atomic mass is 31.1. The van der Waals surface area contributed by atoms with Gasteiger partial charge in [0.25, 0.3) is 0 Å². The van der Waals surface area contributed by atoms with Crippen molar-refractivity contribution in [1.29, 1.82) is 0 Å². The highest BCUT2D eigenvalue weighted by Gasteiger charge is 2.25. The monoisotopic (exact) mass is 146 g/mol. The molecule has 0 radical (unpaired) electrons. The van der Waals surface area contributed by atoms with E-state index < -0.39 is 0 Å². The molecule has 0 aromatic heterocycles. The molecule has 0 rings (SSSR count). The zero-order valence-electron chi connectivity index (χ0n) is 7.52. The predicted octanol–water partition coefficient (Wildman–Crippen LogP) is 3.16. The molecule has 0 aliphatic heterocycles. The molecule has 0 saturated heterocycles. The largest absolute Gasteiger partial charge is 0.107 e. The SMILES string of the molecule is CC(C)C(C)(C)P(C)C. The molecule has 0 aromatic carbocycles. The summed E-state index contributed by atoms with van der Waals surface area (Å²) < 4.78 is 0. The van der Waals surface area contributed by atoms with Crippen molar-refractivity contribution in [2.45, 2.75) is 32.9 Å². The topological polar surface area (TPSA) is 0 Å². The van der Waals surface area contributed by atoms with Gasteiger partial charge in [-0.15, -0.1) is 7.92 Å². The van der Waals surface area contributed by atoms with E-state index in [1.807, 2.05) is 0 Å². The summed E-state index contributed by atoms with van der Waals surface area (Å²) in [5.74, 6) is 0.818. The number of rotatable bonds is 2. The van der Waals surface area contributed by atoms with Gasteiger partial charge in [-0.1, -0.05) is 27.7 Å². The zero-order chi connectivity index (χ0) is 7.65.